The number of ether oxygens (including phenoxy) is 1. The number of carbonyl (C=O) groups excluding carboxylic acids is 2. The van der Waals surface area contributed by atoms with Gasteiger partial charge in [0, 0.05) is 6.42 Å². The third-order valence-corrected chi connectivity index (χ3v) is 5.86. The molecule has 2 aromatic carbocycles. The summed E-state index contributed by atoms with van der Waals surface area (Å²) in [5, 5.41) is 12.5. The average molecular weight is 367 g/mol. The molecule has 1 saturated heterocycles. The monoisotopic (exact) mass is 367 g/mol. The first-order chi connectivity index (χ1) is 13.1. The van der Waals surface area contributed by atoms with Gasteiger partial charge in [0.1, 0.15) is 18.5 Å². The smallest absolute Gasteiger partial charge is 0.235 e. The summed E-state index contributed by atoms with van der Waals surface area (Å²) in [6.07, 6.45) is 4.11. The van der Waals surface area contributed by atoms with Crippen molar-refractivity contribution in [3.05, 3.63) is 42.5 Å². The molecule has 1 heterocycles. The van der Waals surface area contributed by atoms with Gasteiger partial charge < -0.3 is 9.84 Å². The summed E-state index contributed by atoms with van der Waals surface area (Å²) < 4.78 is 5.69. The third kappa shape index (κ3) is 3.56. The van der Waals surface area contributed by atoms with Crippen LogP contribution >= 0.6 is 0 Å². The highest BCUT2D eigenvalue weighted by Gasteiger charge is 2.51. The van der Waals surface area contributed by atoms with Crippen LogP contribution in [0.5, 0.6) is 5.75 Å². The summed E-state index contributed by atoms with van der Waals surface area (Å²) in [6.45, 7) is 0.0510. The van der Waals surface area contributed by atoms with Crippen LogP contribution in [0.15, 0.2) is 42.5 Å². The predicted octanol–water partition coefficient (Wildman–Crippen LogP) is 3.29. The first-order valence-electron chi connectivity index (χ1n) is 9.72. The number of amides is 2. The molecule has 1 saturated carbocycles. The largest absolute Gasteiger partial charge is 0.491 e. The number of benzene rings is 2. The molecule has 5 nitrogen and oxygen atoms in total. The van der Waals surface area contributed by atoms with E-state index < -0.39 is 11.5 Å². The van der Waals surface area contributed by atoms with Crippen molar-refractivity contribution in [1.82, 2.24) is 4.90 Å². The molecule has 27 heavy (non-hydrogen) atoms. The molecule has 1 aliphatic heterocycles. The van der Waals surface area contributed by atoms with Crippen LogP contribution in [0.1, 0.15) is 38.5 Å². The van der Waals surface area contributed by atoms with Gasteiger partial charge in [-0.1, -0.05) is 49.6 Å². The van der Waals surface area contributed by atoms with Crippen molar-refractivity contribution in [2.24, 2.45) is 5.41 Å². The summed E-state index contributed by atoms with van der Waals surface area (Å²) in [4.78, 5) is 26.4. The molecule has 1 atom stereocenters. The van der Waals surface area contributed by atoms with Crippen LogP contribution in [-0.2, 0) is 9.59 Å². The third-order valence-electron chi connectivity index (χ3n) is 5.86. The minimum absolute atomic E-state index is 0.00694. The van der Waals surface area contributed by atoms with Crippen LogP contribution in [-0.4, -0.2) is 41.1 Å². The van der Waals surface area contributed by atoms with Crippen LogP contribution in [0.25, 0.3) is 10.8 Å². The summed E-state index contributed by atoms with van der Waals surface area (Å²) in [6, 6.07) is 13.7. The Kier molecular flexibility index (Phi) is 4.87. The normalized spacial score (nSPS) is 20.4. The van der Waals surface area contributed by atoms with Gasteiger partial charge in [0.05, 0.1) is 12.0 Å². The number of nitrogens with zero attached hydrogens (tertiary/aromatic N) is 1. The zero-order valence-corrected chi connectivity index (χ0v) is 15.4. The van der Waals surface area contributed by atoms with Crippen molar-refractivity contribution >= 4 is 22.6 Å². The molecular formula is C22H25NO4. The predicted molar refractivity (Wildman–Crippen MR) is 102 cm³/mol. The Balaban J connectivity index is 1.36. The van der Waals surface area contributed by atoms with E-state index in [1.165, 1.54) is 4.90 Å². The van der Waals surface area contributed by atoms with E-state index in [-0.39, 0.29) is 25.0 Å². The highest BCUT2D eigenvalue weighted by atomic mass is 16.5. The maximum absolute atomic E-state index is 12.8. The number of aliphatic hydroxyl groups is 1. The number of rotatable bonds is 5. The molecule has 1 spiro atoms. The molecule has 0 radical (unpaired) electrons. The lowest BCUT2D eigenvalue weighted by Gasteiger charge is -2.30. The van der Waals surface area contributed by atoms with Crippen molar-refractivity contribution in [1.29, 1.82) is 0 Å². The lowest BCUT2D eigenvalue weighted by Crippen LogP contribution is -2.42. The van der Waals surface area contributed by atoms with Gasteiger partial charge in [-0.2, -0.15) is 0 Å². The zero-order chi connectivity index (χ0) is 18.9. The molecule has 1 N–H and O–H groups in total. The van der Waals surface area contributed by atoms with Crippen LogP contribution in [0.4, 0.5) is 0 Å². The highest BCUT2D eigenvalue weighted by molar-refractivity contribution is 6.06. The molecule has 2 amide bonds. The molecule has 2 aliphatic rings. The quantitative estimate of drug-likeness (QED) is 0.824. The Labute approximate surface area is 158 Å². The average Bonchev–Trinajstić information content (AvgIpc) is 2.90. The van der Waals surface area contributed by atoms with Gasteiger partial charge in [0.25, 0.3) is 0 Å². The van der Waals surface area contributed by atoms with Crippen molar-refractivity contribution in [3.8, 4) is 5.75 Å². The highest BCUT2D eigenvalue weighted by Crippen LogP contribution is 2.45. The van der Waals surface area contributed by atoms with Crippen molar-refractivity contribution in [3.63, 3.8) is 0 Å². The van der Waals surface area contributed by atoms with E-state index in [2.05, 4.69) is 0 Å². The Morgan fingerprint density at radius 2 is 1.78 bits per heavy atom. The van der Waals surface area contributed by atoms with Gasteiger partial charge in [-0.15, -0.1) is 0 Å². The Hall–Kier alpha value is -2.40. The molecule has 0 aromatic heterocycles. The van der Waals surface area contributed by atoms with Crippen molar-refractivity contribution in [2.75, 3.05) is 13.2 Å². The maximum atomic E-state index is 12.8. The fourth-order valence-corrected chi connectivity index (χ4v) is 4.38. The number of hydrogen-bond acceptors (Lipinski definition) is 4. The van der Waals surface area contributed by atoms with Crippen LogP contribution in [0.3, 0.4) is 0 Å². The number of aliphatic hydroxyl groups excluding tert-OH is 1. The summed E-state index contributed by atoms with van der Waals surface area (Å²) in [7, 11) is 0. The van der Waals surface area contributed by atoms with Gasteiger partial charge in [-0.25, -0.2) is 0 Å². The lowest BCUT2D eigenvalue weighted by molar-refractivity contribution is -0.144. The van der Waals surface area contributed by atoms with Crippen LogP contribution in [0, 0.1) is 5.41 Å². The molecule has 0 unspecified atom stereocenters. The van der Waals surface area contributed by atoms with Crippen molar-refractivity contribution < 1.29 is 19.4 Å². The lowest BCUT2D eigenvalue weighted by atomic mass is 9.73. The SMILES string of the molecule is O=C1CC2(CCCCC2)C(=O)N1C[C@@H](O)COc1ccc2ccccc2c1. The summed E-state index contributed by atoms with van der Waals surface area (Å²) >= 11 is 0. The molecule has 5 heteroatoms. The van der Waals surface area contributed by atoms with Gasteiger partial charge in [0.15, 0.2) is 0 Å². The number of likely N-dealkylation sites (tertiary alicyclic amines) is 1. The number of imide groups is 1. The van der Waals surface area contributed by atoms with Gasteiger partial charge in [0.2, 0.25) is 11.8 Å². The Morgan fingerprint density at radius 1 is 1.04 bits per heavy atom. The second kappa shape index (κ2) is 7.31. The fraction of sp³-hybridized carbons (Fsp3) is 0.455. The molecule has 1 aliphatic carbocycles. The minimum Gasteiger partial charge on any atom is -0.491 e. The second-order valence-corrected chi connectivity index (χ2v) is 7.80. The molecule has 4 rings (SSSR count). The van der Waals surface area contributed by atoms with Gasteiger partial charge >= 0.3 is 0 Å². The van der Waals surface area contributed by atoms with Gasteiger partial charge in [-0.3, -0.25) is 14.5 Å². The summed E-state index contributed by atoms with van der Waals surface area (Å²) in [5.74, 6) is 0.402. The number of carbonyl (C=O) groups is 2. The number of fused-ring (bicyclic) bond motifs is 1. The van der Waals surface area contributed by atoms with E-state index in [1.54, 1.807) is 0 Å². The molecule has 142 valence electrons. The Morgan fingerprint density at radius 3 is 2.56 bits per heavy atom. The minimum atomic E-state index is -0.900. The van der Waals surface area contributed by atoms with E-state index in [9.17, 15) is 14.7 Å². The van der Waals surface area contributed by atoms with Gasteiger partial charge in [-0.05, 0) is 35.7 Å². The molecular weight excluding hydrogens is 342 g/mol. The van der Waals surface area contributed by atoms with Crippen LogP contribution < -0.4 is 4.74 Å². The molecule has 2 aromatic rings. The fourth-order valence-electron chi connectivity index (χ4n) is 4.38. The van der Waals surface area contributed by atoms with E-state index in [4.69, 9.17) is 4.74 Å². The summed E-state index contributed by atoms with van der Waals surface area (Å²) in [5.41, 5.74) is -0.506. The van der Waals surface area contributed by atoms with E-state index in [1.807, 2.05) is 42.5 Å². The first-order valence-corrected chi connectivity index (χ1v) is 9.72. The maximum Gasteiger partial charge on any atom is 0.235 e. The standard InChI is InChI=1S/C22H25NO4/c24-18(15-27-19-9-8-16-6-2-3-7-17(16)12-19)14-23-20(25)13-22(21(23)26)10-4-1-5-11-22/h2-3,6-9,12,18,24H,1,4-5,10-11,13-15H2/t18-/m1/s1. The number of β-amino-alcohol motifs (C(OH)–C–C–N with tert-alkyl or cyclic N) is 1. The Bertz CT molecular complexity index is 856. The molecule has 0 bridgehead atoms. The van der Waals surface area contributed by atoms with E-state index >= 15 is 0 Å². The molecule has 2 fully saturated rings. The van der Waals surface area contributed by atoms with E-state index in [0.29, 0.717) is 12.2 Å². The van der Waals surface area contributed by atoms with Crippen LogP contribution in [0.2, 0.25) is 0 Å². The zero-order valence-electron chi connectivity index (χ0n) is 15.4. The second-order valence-electron chi connectivity index (χ2n) is 7.80. The topological polar surface area (TPSA) is 66.8 Å². The first kappa shape index (κ1) is 18.0. The van der Waals surface area contributed by atoms with E-state index in [0.717, 1.165) is 42.9 Å². The van der Waals surface area contributed by atoms with Crippen molar-refractivity contribution in [2.45, 2.75) is 44.6 Å². The number of hydrogen-bond donors (Lipinski definition) is 1.